The summed E-state index contributed by atoms with van der Waals surface area (Å²) in [5, 5.41) is 0. The Hall–Kier alpha value is -5.18. The smallest absolute Gasteiger partial charge is 0.286 e. The summed E-state index contributed by atoms with van der Waals surface area (Å²) in [6.45, 7) is 0.256. The Kier molecular flexibility index (Phi) is 5.34. The Labute approximate surface area is 280 Å². The number of hydrogen-bond acceptors (Lipinski definition) is 2. The molecule has 0 unspecified atom stereocenters. The van der Waals surface area contributed by atoms with E-state index in [9.17, 15) is 0 Å². The number of hydrogen-bond donors (Lipinski definition) is 0. The van der Waals surface area contributed by atoms with E-state index in [2.05, 4.69) is 157 Å². The fraction of sp³-hybridized carbons (Fsp3) is 0.0233. The van der Waals surface area contributed by atoms with E-state index in [0.29, 0.717) is 0 Å². The van der Waals surface area contributed by atoms with Gasteiger partial charge in [-0.1, -0.05) is 127 Å². The first-order chi connectivity index (χ1) is 23.3. The molecule has 0 atom stereocenters. The van der Waals surface area contributed by atoms with Crippen molar-refractivity contribution >= 4 is 63.2 Å². The van der Waals surface area contributed by atoms with E-state index in [4.69, 9.17) is 0 Å². The molecule has 47 heavy (non-hydrogen) atoms. The van der Waals surface area contributed by atoms with E-state index in [1.165, 1.54) is 93.9 Å². The van der Waals surface area contributed by atoms with E-state index in [1.54, 1.807) is 0 Å². The molecule has 4 heteroatoms. The van der Waals surface area contributed by atoms with Gasteiger partial charge in [0.25, 0.3) is 5.99 Å². The lowest BCUT2D eigenvalue weighted by atomic mass is 9.31. The average molecular weight is 611 g/mol. The summed E-state index contributed by atoms with van der Waals surface area (Å²) < 4.78 is 0. The van der Waals surface area contributed by atoms with Gasteiger partial charge in [0.1, 0.15) is 0 Å². The molecule has 0 fully saturated rings. The minimum Gasteiger partial charge on any atom is -0.312 e. The minimum atomic E-state index is 0.182. The fourth-order valence-electron chi connectivity index (χ4n) is 8.96. The largest absolute Gasteiger partial charge is 0.312 e. The van der Waals surface area contributed by atoms with Gasteiger partial charge < -0.3 is 4.90 Å². The van der Waals surface area contributed by atoms with Gasteiger partial charge >= 0.3 is 0 Å². The van der Waals surface area contributed by atoms with Gasteiger partial charge in [-0.15, -0.1) is 0 Å². The molecule has 0 spiro atoms. The van der Waals surface area contributed by atoms with Crippen molar-refractivity contribution in [2.24, 2.45) is 0 Å². The molecule has 0 N–H and O–H groups in total. The number of fused-ring (bicyclic) bond motifs is 8. The summed E-state index contributed by atoms with van der Waals surface area (Å²) in [4.78, 5) is 4.02. The number of benzene rings is 7. The maximum atomic E-state index is 2.66. The van der Waals surface area contributed by atoms with Gasteiger partial charge in [-0.05, 0) is 103 Å². The topological polar surface area (TPSA) is 3.24 Å². The van der Waals surface area contributed by atoms with Crippen LogP contribution in [-0.4, -0.2) is 12.7 Å². The standard InChI is InChI=1S/C43H27B2NS/c1-3-13-27(14-4-1)34-25-35(28-15-5-2-6-16-28)42-43-41(34)44-26-29-17-7-8-18-30(29)32-20-11-22-36(39(32)44)46(43)37-23-12-21-33-31-19-9-10-24-38(31)47-45(42)40(33)37/h1-25H,26H2. The first-order valence-electron chi connectivity index (χ1n) is 16.6. The van der Waals surface area contributed by atoms with Gasteiger partial charge in [0, 0.05) is 22.0 Å². The average Bonchev–Trinajstić information content (AvgIpc) is 3.14. The molecule has 11 rings (SSSR count). The van der Waals surface area contributed by atoms with Crippen LogP contribution in [0.25, 0.3) is 44.5 Å². The van der Waals surface area contributed by atoms with E-state index >= 15 is 0 Å². The van der Waals surface area contributed by atoms with Crippen LogP contribution in [0.4, 0.5) is 17.1 Å². The molecule has 0 amide bonds. The van der Waals surface area contributed by atoms with E-state index in [1.807, 2.05) is 11.6 Å². The predicted molar refractivity (Wildman–Crippen MR) is 202 cm³/mol. The third-order valence-electron chi connectivity index (χ3n) is 10.8. The van der Waals surface area contributed by atoms with E-state index in [0.717, 1.165) is 6.32 Å². The van der Waals surface area contributed by atoms with Crippen molar-refractivity contribution in [1.29, 1.82) is 0 Å². The molecular weight excluding hydrogens is 584 g/mol. The number of anilines is 3. The lowest BCUT2D eigenvalue weighted by Crippen LogP contribution is -2.61. The molecule has 0 bridgehead atoms. The SMILES string of the molecule is c1ccc(-c2cc(-c3ccccc3)c3c4c2B2Cc5ccccc5-c5cccc(c52)N4c2cccc4c2B3Sc2ccccc2-4)cc1. The minimum absolute atomic E-state index is 0.182. The third-order valence-corrected chi connectivity index (χ3v) is 12.1. The van der Waals surface area contributed by atoms with Crippen LogP contribution >= 0.6 is 11.6 Å². The quantitative estimate of drug-likeness (QED) is 0.181. The zero-order valence-corrected chi connectivity index (χ0v) is 26.5. The monoisotopic (exact) mass is 611 g/mol. The summed E-state index contributed by atoms with van der Waals surface area (Å²) in [5.41, 5.74) is 22.0. The van der Waals surface area contributed by atoms with Gasteiger partial charge in [0.2, 0.25) is 6.71 Å². The summed E-state index contributed by atoms with van der Waals surface area (Å²) in [6.07, 6.45) is 0.999. The molecule has 4 heterocycles. The fourth-order valence-corrected chi connectivity index (χ4v) is 10.4. The molecule has 0 radical (unpaired) electrons. The lowest BCUT2D eigenvalue weighted by Gasteiger charge is -2.48. The number of rotatable bonds is 2. The molecule has 7 aromatic rings. The van der Waals surface area contributed by atoms with Crippen LogP contribution in [0.15, 0.2) is 157 Å². The van der Waals surface area contributed by atoms with Gasteiger partial charge in [-0.25, -0.2) is 0 Å². The predicted octanol–water partition coefficient (Wildman–Crippen LogP) is 8.37. The third kappa shape index (κ3) is 3.49. The van der Waals surface area contributed by atoms with Crippen molar-refractivity contribution in [3.8, 4) is 44.5 Å². The Balaban J connectivity index is 1.33. The van der Waals surface area contributed by atoms with E-state index in [-0.39, 0.29) is 12.7 Å². The Bertz CT molecular complexity index is 2270. The molecule has 0 aliphatic carbocycles. The summed E-state index contributed by atoms with van der Waals surface area (Å²) in [6, 6.07) is 56.9. The van der Waals surface area contributed by atoms with Crippen LogP contribution in [0.3, 0.4) is 0 Å². The molecule has 0 saturated heterocycles. The maximum absolute atomic E-state index is 2.66. The van der Waals surface area contributed by atoms with Gasteiger partial charge in [0.15, 0.2) is 0 Å². The van der Waals surface area contributed by atoms with E-state index < -0.39 is 0 Å². The highest BCUT2D eigenvalue weighted by Crippen LogP contribution is 2.50. The van der Waals surface area contributed by atoms with Crippen LogP contribution in [0.2, 0.25) is 0 Å². The normalized spacial score (nSPS) is 14.1. The second kappa shape index (κ2) is 9.67. The van der Waals surface area contributed by atoms with Crippen molar-refractivity contribution in [2.75, 3.05) is 4.90 Å². The summed E-state index contributed by atoms with van der Waals surface area (Å²) >= 11 is 2.03. The van der Waals surface area contributed by atoms with Crippen molar-refractivity contribution in [2.45, 2.75) is 11.2 Å². The molecule has 1 nitrogen and oxygen atoms in total. The van der Waals surface area contributed by atoms with Gasteiger partial charge in [-0.3, -0.25) is 0 Å². The molecule has 7 aromatic carbocycles. The maximum Gasteiger partial charge on any atom is 0.286 e. The molecule has 0 aromatic heterocycles. The van der Waals surface area contributed by atoms with Crippen molar-refractivity contribution in [3.63, 3.8) is 0 Å². The highest BCUT2D eigenvalue weighted by Gasteiger charge is 2.49. The van der Waals surface area contributed by atoms with Gasteiger partial charge in [0.05, 0.1) is 0 Å². The second-order valence-electron chi connectivity index (χ2n) is 13.1. The summed E-state index contributed by atoms with van der Waals surface area (Å²) in [7, 11) is 0. The molecular formula is C43H27B2NS. The van der Waals surface area contributed by atoms with Crippen molar-refractivity contribution in [1.82, 2.24) is 0 Å². The van der Waals surface area contributed by atoms with Crippen molar-refractivity contribution in [3.05, 3.63) is 157 Å². The first-order valence-corrected chi connectivity index (χ1v) is 17.4. The molecule has 216 valence electrons. The van der Waals surface area contributed by atoms with Crippen LogP contribution in [0, 0.1) is 0 Å². The van der Waals surface area contributed by atoms with Crippen LogP contribution < -0.4 is 26.8 Å². The first kappa shape index (κ1) is 25.9. The zero-order valence-electron chi connectivity index (χ0n) is 25.7. The number of nitrogens with zero attached hydrogens (tertiary/aromatic N) is 1. The Morgan fingerprint density at radius 1 is 0.447 bits per heavy atom. The summed E-state index contributed by atoms with van der Waals surface area (Å²) in [5.74, 6) is 0.182. The highest BCUT2D eigenvalue weighted by atomic mass is 32.2. The van der Waals surface area contributed by atoms with Crippen LogP contribution in [0.5, 0.6) is 0 Å². The second-order valence-corrected chi connectivity index (χ2v) is 14.2. The Morgan fingerprint density at radius 2 is 1.02 bits per heavy atom. The lowest BCUT2D eigenvalue weighted by molar-refractivity contribution is 1.27. The van der Waals surface area contributed by atoms with Crippen LogP contribution in [0.1, 0.15) is 5.56 Å². The Morgan fingerprint density at radius 3 is 1.77 bits per heavy atom. The highest BCUT2D eigenvalue weighted by molar-refractivity contribution is 8.28. The van der Waals surface area contributed by atoms with Gasteiger partial charge in [-0.2, -0.15) is 11.6 Å². The van der Waals surface area contributed by atoms with Crippen molar-refractivity contribution < 1.29 is 0 Å². The van der Waals surface area contributed by atoms with Crippen LogP contribution in [-0.2, 0) is 6.32 Å². The molecule has 4 aliphatic heterocycles. The molecule has 0 saturated carbocycles. The molecule has 4 aliphatic rings. The zero-order chi connectivity index (χ0) is 30.6.